The number of amides is 1. The quantitative estimate of drug-likeness (QED) is 0.782. The first-order valence-electron chi connectivity index (χ1n) is 7.51. The number of nitrogens with one attached hydrogen (secondary N) is 1. The number of benzene rings is 2. The molecule has 1 unspecified atom stereocenters. The highest BCUT2D eigenvalue weighted by Gasteiger charge is 2.31. The Balaban J connectivity index is 1.82. The first-order chi connectivity index (χ1) is 11.6. The SMILES string of the molecule is O=C1CC(c2ccc(F)c(F)c2)c2ncn(-c3ccccc3)c2N1. The van der Waals surface area contributed by atoms with Crippen LogP contribution in [0.1, 0.15) is 23.6 Å². The molecule has 0 fully saturated rings. The van der Waals surface area contributed by atoms with Crippen molar-refractivity contribution >= 4 is 11.7 Å². The second kappa shape index (κ2) is 5.56. The molecule has 0 saturated carbocycles. The van der Waals surface area contributed by atoms with E-state index in [1.807, 2.05) is 30.3 Å². The number of anilines is 1. The van der Waals surface area contributed by atoms with E-state index in [1.165, 1.54) is 6.07 Å². The number of hydrogen-bond donors (Lipinski definition) is 1. The maximum atomic E-state index is 13.6. The molecule has 1 aliphatic heterocycles. The van der Waals surface area contributed by atoms with Gasteiger partial charge in [0.1, 0.15) is 12.1 Å². The molecule has 1 aliphatic rings. The molecule has 0 spiro atoms. The van der Waals surface area contributed by atoms with E-state index < -0.39 is 17.6 Å². The van der Waals surface area contributed by atoms with Crippen molar-refractivity contribution in [2.24, 2.45) is 0 Å². The molecule has 6 heteroatoms. The van der Waals surface area contributed by atoms with Crippen LogP contribution in [0.2, 0.25) is 0 Å². The molecular weight excluding hydrogens is 312 g/mol. The van der Waals surface area contributed by atoms with Crippen LogP contribution in [0.4, 0.5) is 14.6 Å². The molecule has 4 nitrogen and oxygen atoms in total. The Hall–Kier alpha value is -3.02. The lowest BCUT2D eigenvalue weighted by atomic mass is 9.89. The summed E-state index contributed by atoms with van der Waals surface area (Å²) in [5, 5.41) is 2.83. The number of aromatic nitrogens is 2. The summed E-state index contributed by atoms with van der Waals surface area (Å²) in [6, 6.07) is 13.2. The summed E-state index contributed by atoms with van der Waals surface area (Å²) in [4.78, 5) is 16.5. The summed E-state index contributed by atoms with van der Waals surface area (Å²) in [5.41, 5.74) is 2.03. The minimum absolute atomic E-state index is 0.143. The third-order valence-corrected chi connectivity index (χ3v) is 4.15. The molecule has 0 bridgehead atoms. The maximum absolute atomic E-state index is 13.6. The Morgan fingerprint density at radius 2 is 1.88 bits per heavy atom. The number of rotatable bonds is 2. The molecule has 2 heterocycles. The van der Waals surface area contributed by atoms with Crippen LogP contribution in [-0.4, -0.2) is 15.5 Å². The standard InChI is InChI=1S/C18H13F2N3O/c19-14-7-6-11(8-15(14)20)13-9-16(24)22-18-17(13)21-10-23(18)12-4-2-1-3-5-12/h1-8,10,13H,9H2,(H,22,24). The predicted octanol–water partition coefficient (Wildman–Crippen LogP) is 3.62. The molecule has 1 aromatic heterocycles. The van der Waals surface area contributed by atoms with Crippen molar-refractivity contribution in [3.8, 4) is 5.69 Å². The number of carbonyl (C=O) groups is 1. The van der Waals surface area contributed by atoms with Gasteiger partial charge in [0, 0.05) is 18.0 Å². The predicted molar refractivity (Wildman–Crippen MR) is 85.0 cm³/mol. The molecule has 4 rings (SSSR count). The number of hydrogen-bond acceptors (Lipinski definition) is 2. The lowest BCUT2D eigenvalue weighted by molar-refractivity contribution is -0.116. The summed E-state index contributed by atoms with van der Waals surface area (Å²) in [5.74, 6) is -1.87. The van der Waals surface area contributed by atoms with Gasteiger partial charge < -0.3 is 5.32 Å². The molecule has 120 valence electrons. The fourth-order valence-corrected chi connectivity index (χ4v) is 3.00. The number of carbonyl (C=O) groups excluding carboxylic acids is 1. The zero-order valence-electron chi connectivity index (χ0n) is 12.5. The van der Waals surface area contributed by atoms with Crippen molar-refractivity contribution in [2.45, 2.75) is 12.3 Å². The number of imidazole rings is 1. The molecule has 1 amide bonds. The maximum Gasteiger partial charge on any atom is 0.226 e. The smallest absolute Gasteiger partial charge is 0.226 e. The molecule has 0 aliphatic carbocycles. The van der Waals surface area contributed by atoms with Gasteiger partial charge in [-0.05, 0) is 29.8 Å². The minimum Gasteiger partial charge on any atom is -0.310 e. The third-order valence-electron chi connectivity index (χ3n) is 4.15. The monoisotopic (exact) mass is 325 g/mol. The Morgan fingerprint density at radius 3 is 2.62 bits per heavy atom. The van der Waals surface area contributed by atoms with Crippen LogP contribution in [0.25, 0.3) is 5.69 Å². The highest BCUT2D eigenvalue weighted by molar-refractivity contribution is 5.94. The Kier molecular flexibility index (Phi) is 3.37. The highest BCUT2D eigenvalue weighted by atomic mass is 19.2. The van der Waals surface area contributed by atoms with Crippen molar-refractivity contribution in [2.75, 3.05) is 5.32 Å². The fraction of sp³-hybridized carbons (Fsp3) is 0.111. The van der Waals surface area contributed by atoms with Gasteiger partial charge in [0.25, 0.3) is 0 Å². The van der Waals surface area contributed by atoms with Crippen LogP contribution >= 0.6 is 0 Å². The van der Waals surface area contributed by atoms with Gasteiger partial charge >= 0.3 is 0 Å². The van der Waals surface area contributed by atoms with Crippen molar-refractivity contribution in [3.05, 3.63) is 77.8 Å². The van der Waals surface area contributed by atoms with Crippen LogP contribution in [0.15, 0.2) is 54.9 Å². The number of nitrogens with zero attached hydrogens (tertiary/aromatic N) is 2. The van der Waals surface area contributed by atoms with E-state index >= 15 is 0 Å². The van der Waals surface area contributed by atoms with E-state index in [4.69, 9.17) is 0 Å². The van der Waals surface area contributed by atoms with Crippen LogP contribution in [0.3, 0.4) is 0 Å². The van der Waals surface area contributed by atoms with Crippen LogP contribution in [0, 0.1) is 11.6 Å². The average Bonchev–Trinajstić information content (AvgIpc) is 3.01. The summed E-state index contributed by atoms with van der Waals surface area (Å²) in [6.07, 6.45) is 1.77. The Labute approximate surface area is 136 Å². The lowest BCUT2D eigenvalue weighted by Crippen LogP contribution is -2.25. The summed E-state index contributed by atoms with van der Waals surface area (Å²) in [7, 11) is 0. The summed E-state index contributed by atoms with van der Waals surface area (Å²) >= 11 is 0. The van der Waals surface area contributed by atoms with Gasteiger partial charge in [0.2, 0.25) is 5.91 Å². The van der Waals surface area contributed by atoms with E-state index in [2.05, 4.69) is 10.3 Å². The largest absolute Gasteiger partial charge is 0.310 e. The van der Waals surface area contributed by atoms with Gasteiger partial charge in [-0.2, -0.15) is 0 Å². The minimum atomic E-state index is -0.928. The first-order valence-corrected chi connectivity index (χ1v) is 7.51. The molecule has 0 radical (unpaired) electrons. The molecule has 1 N–H and O–H groups in total. The molecule has 3 aromatic rings. The fourth-order valence-electron chi connectivity index (χ4n) is 3.00. The number of halogens is 2. The topological polar surface area (TPSA) is 46.9 Å². The van der Waals surface area contributed by atoms with Gasteiger partial charge in [0.05, 0.1) is 5.69 Å². The van der Waals surface area contributed by atoms with E-state index in [1.54, 1.807) is 10.9 Å². The van der Waals surface area contributed by atoms with E-state index in [0.717, 1.165) is 17.8 Å². The van der Waals surface area contributed by atoms with E-state index in [0.29, 0.717) is 17.1 Å². The average molecular weight is 325 g/mol. The van der Waals surface area contributed by atoms with Crippen molar-refractivity contribution in [1.82, 2.24) is 9.55 Å². The first kappa shape index (κ1) is 14.6. The Bertz CT molecular complexity index is 921. The van der Waals surface area contributed by atoms with Crippen molar-refractivity contribution in [1.29, 1.82) is 0 Å². The summed E-state index contributed by atoms with van der Waals surface area (Å²) < 4.78 is 28.5. The van der Waals surface area contributed by atoms with E-state index in [9.17, 15) is 13.6 Å². The number of fused-ring (bicyclic) bond motifs is 1. The lowest BCUT2D eigenvalue weighted by Gasteiger charge is -2.23. The zero-order valence-corrected chi connectivity index (χ0v) is 12.5. The van der Waals surface area contributed by atoms with Crippen LogP contribution in [0.5, 0.6) is 0 Å². The number of para-hydroxylation sites is 1. The van der Waals surface area contributed by atoms with Gasteiger partial charge in [-0.3, -0.25) is 9.36 Å². The normalized spacial score (nSPS) is 16.6. The zero-order chi connectivity index (χ0) is 16.7. The Morgan fingerprint density at radius 1 is 1.08 bits per heavy atom. The second-order valence-corrected chi connectivity index (χ2v) is 5.66. The molecule has 24 heavy (non-hydrogen) atoms. The van der Waals surface area contributed by atoms with Gasteiger partial charge in [-0.1, -0.05) is 24.3 Å². The van der Waals surface area contributed by atoms with Gasteiger partial charge in [-0.25, -0.2) is 13.8 Å². The molecule has 0 saturated heterocycles. The second-order valence-electron chi connectivity index (χ2n) is 5.66. The highest BCUT2D eigenvalue weighted by Crippen LogP contribution is 2.37. The van der Waals surface area contributed by atoms with E-state index in [-0.39, 0.29) is 12.3 Å². The third kappa shape index (κ3) is 2.36. The van der Waals surface area contributed by atoms with Crippen molar-refractivity contribution < 1.29 is 13.6 Å². The van der Waals surface area contributed by atoms with Crippen LogP contribution in [-0.2, 0) is 4.79 Å². The van der Waals surface area contributed by atoms with Gasteiger partial charge in [0.15, 0.2) is 11.6 Å². The van der Waals surface area contributed by atoms with Crippen LogP contribution < -0.4 is 5.32 Å². The van der Waals surface area contributed by atoms with Crippen molar-refractivity contribution in [3.63, 3.8) is 0 Å². The molecule has 2 aromatic carbocycles. The molecular formula is C18H13F2N3O. The van der Waals surface area contributed by atoms with Gasteiger partial charge in [-0.15, -0.1) is 0 Å². The summed E-state index contributed by atoms with van der Waals surface area (Å²) in [6.45, 7) is 0. The molecule has 1 atom stereocenters.